The first-order valence-corrected chi connectivity index (χ1v) is 9.18. The van der Waals surface area contributed by atoms with E-state index in [1.54, 1.807) is 0 Å². The lowest BCUT2D eigenvalue weighted by Gasteiger charge is -2.45. The van der Waals surface area contributed by atoms with E-state index in [0.717, 1.165) is 32.7 Å². The molecular weight excluding hydrogens is 340 g/mol. The fourth-order valence-electron chi connectivity index (χ4n) is 4.01. The highest BCUT2D eigenvalue weighted by Crippen LogP contribution is 2.44. The molecule has 2 aliphatic rings. The van der Waals surface area contributed by atoms with Gasteiger partial charge < -0.3 is 5.11 Å². The van der Waals surface area contributed by atoms with Crippen LogP contribution in [0.5, 0.6) is 0 Å². The summed E-state index contributed by atoms with van der Waals surface area (Å²) in [6.07, 6.45) is 2.50. The molecule has 0 spiro atoms. The minimum Gasteiger partial charge on any atom is -0.395 e. The van der Waals surface area contributed by atoms with Crippen LogP contribution in [0.4, 0.5) is 0 Å². The van der Waals surface area contributed by atoms with E-state index in [0.29, 0.717) is 6.04 Å². The summed E-state index contributed by atoms with van der Waals surface area (Å²) < 4.78 is 1.19. The van der Waals surface area contributed by atoms with Crippen molar-refractivity contribution in [2.45, 2.75) is 38.1 Å². The number of fused-ring (bicyclic) bond motifs is 1. The highest BCUT2D eigenvalue weighted by Gasteiger charge is 2.36. The van der Waals surface area contributed by atoms with Crippen molar-refractivity contribution in [3.8, 4) is 0 Å². The summed E-state index contributed by atoms with van der Waals surface area (Å²) in [5, 5.41) is 9.09. The van der Waals surface area contributed by atoms with Crippen molar-refractivity contribution in [2.75, 3.05) is 39.3 Å². The second kappa shape index (κ2) is 6.60. The first-order chi connectivity index (χ1) is 10.5. The maximum Gasteiger partial charge on any atom is 0.0558 e. The number of hydrogen-bond donors (Lipinski definition) is 1. The number of rotatable bonds is 3. The van der Waals surface area contributed by atoms with Gasteiger partial charge in [0.2, 0.25) is 0 Å². The zero-order chi connectivity index (χ0) is 15.7. The van der Waals surface area contributed by atoms with Crippen LogP contribution < -0.4 is 0 Å². The Kier molecular flexibility index (Phi) is 4.93. The average molecular weight is 367 g/mol. The van der Waals surface area contributed by atoms with E-state index in [2.05, 4.69) is 57.8 Å². The van der Waals surface area contributed by atoms with Gasteiger partial charge in [0.25, 0.3) is 0 Å². The first-order valence-electron chi connectivity index (χ1n) is 8.38. The van der Waals surface area contributed by atoms with Gasteiger partial charge in [-0.2, -0.15) is 0 Å². The molecule has 1 aliphatic carbocycles. The third-order valence-corrected chi connectivity index (χ3v) is 5.90. The maximum atomic E-state index is 9.09. The second-order valence-electron chi connectivity index (χ2n) is 7.27. The van der Waals surface area contributed by atoms with Gasteiger partial charge in [-0.1, -0.05) is 35.8 Å². The number of aliphatic hydroxyl groups is 1. The molecule has 1 saturated heterocycles. The Morgan fingerprint density at radius 1 is 1.23 bits per heavy atom. The highest BCUT2D eigenvalue weighted by atomic mass is 79.9. The van der Waals surface area contributed by atoms with Crippen LogP contribution in [0.15, 0.2) is 22.7 Å². The van der Waals surface area contributed by atoms with E-state index >= 15 is 0 Å². The fraction of sp³-hybridized carbons (Fsp3) is 0.667. The van der Waals surface area contributed by atoms with E-state index < -0.39 is 0 Å². The largest absolute Gasteiger partial charge is 0.395 e. The molecule has 3 rings (SSSR count). The summed E-state index contributed by atoms with van der Waals surface area (Å²) in [4.78, 5) is 5.02. The van der Waals surface area contributed by atoms with Crippen molar-refractivity contribution in [3.05, 3.63) is 33.8 Å². The Bertz CT molecular complexity index is 524. The Morgan fingerprint density at radius 3 is 2.64 bits per heavy atom. The SMILES string of the molecule is CC1(C)CCC(N2CCN(CCO)CC2)c2ccc(Br)cc21. The molecule has 122 valence electrons. The molecule has 1 heterocycles. The van der Waals surface area contributed by atoms with Crippen LogP contribution in [0.2, 0.25) is 0 Å². The van der Waals surface area contributed by atoms with Gasteiger partial charge in [-0.15, -0.1) is 0 Å². The highest BCUT2D eigenvalue weighted by molar-refractivity contribution is 9.10. The Labute approximate surface area is 142 Å². The maximum absolute atomic E-state index is 9.09. The second-order valence-corrected chi connectivity index (χ2v) is 8.19. The smallest absolute Gasteiger partial charge is 0.0558 e. The molecule has 1 aliphatic heterocycles. The Balaban J connectivity index is 1.79. The predicted octanol–water partition coefficient (Wildman–Crippen LogP) is 3.17. The summed E-state index contributed by atoms with van der Waals surface area (Å²) in [6, 6.07) is 7.40. The molecule has 1 aromatic rings. The molecular formula is C18H27BrN2O. The summed E-state index contributed by atoms with van der Waals surface area (Å²) >= 11 is 3.64. The normalized spacial score (nSPS) is 25.9. The number of β-amino-alcohol motifs (C(OH)–C–C–N with tert-alkyl or cyclic N) is 1. The van der Waals surface area contributed by atoms with Gasteiger partial charge in [-0.05, 0) is 41.5 Å². The molecule has 0 bridgehead atoms. The predicted molar refractivity (Wildman–Crippen MR) is 94.2 cm³/mol. The lowest BCUT2D eigenvalue weighted by atomic mass is 9.70. The first kappa shape index (κ1) is 16.4. The van der Waals surface area contributed by atoms with Gasteiger partial charge in [-0.25, -0.2) is 0 Å². The summed E-state index contributed by atoms with van der Waals surface area (Å²) in [5.74, 6) is 0. The topological polar surface area (TPSA) is 26.7 Å². The van der Waals surface area contributed by atoms with Gasteiger partial charge in [0.1, 0.15) is 0 Å². The van der Waals surface area contributed by atoms with E-state index in [9.17, 15) is 0 Å². The zero-order valence-corrected chi connectivity index (χ0v) is 15.3. The quantitative estimate of drug-likeness (QED) is 0.889. The molecule has 3 nitrogen and oxygen atoms in total. The lowest BCUT2D eigenvalue weighted by molar-refractivity contribution is 0.0728. The lowest BCUT2D eigenvalue weighted by Crippen LogP contribution is -2.49. The van der Waals surface area contributed by atoms with Crippen LogP contribution in [0.25, 0.3) is 0 Å². The number of aliphatic hydroxyl groups excluding tert-OH is 1. The Morgan fingerprint density at radius 2 is 1.95 bits per heavy atom. The molecule has 0 saturated carbocycles. The molecule has 1 unspecified atom stereocenters. The van der Waals surface area contributed by atoms with Gasteiger partial charge in [-0.3, -0.25) is 9.80 Å². The number of benzene rings is 1. The Hall–Kier alpha value is -0.420. The van der Waals surface area contributed by atoms with Crippen LogP contribution in [0, 0.1) is 0 Å². The van der Waals surface area contributed by atoms with Gasteiger partial charge >= 0.3 is 0 Å². The van der Waals surface area contributed by atoms with Crippen LogP contribution in [-0.4, -0.2) is 54.2 Å². The van der Waals surface area contributed by atoms with E-state index in [4.69, 9.17) is 5.11 Å². The van der Waals surface area contributed by atoms with E-state index in [-0.39, 0.29) is 12.0 Å². The molecule has 0 amide bonds. The number of piperazine rings is 1. The van der Waals surface area contributed by atoms with Crippen molar-refractivity contribution in [2.24, 2.45) is 0 Å². The monoisotopic (exact) mass is 366 g/mol. The van der Waals surface area contributed by atoms with Gasteiger partial charge in [0.05, 0.1) is 6.61 Å². The van der Waals surface area contributed by atoms with E-state index in [1.807, 2.05) is 0 Å². The number of halogens is 1. The van der Waals surface area contributed by atoms with Crippen LogP contribution in [-0.2, 0) is 5.41 Å². The van der Waals surface area contributed by atoms with E-state index in [1.165, 1.54) is 28.4 Å². The third-order valence-electron chi connectivity index (χ3n) is 5.41. The standard InChI is InChI=1S/C18H27BrN2O/c1-18(2)6-5-17(15-4-3-14(19)13-16(15)18)21-9-7-20(8-10-21)11-12-22/h3-4,13,17,22H,5-12H2,1-2H3. The van der Waals surface area contributed by atoms with Crippen LogP contribution in [0.1, 0.15) is 43.9 Å². The molecule has 0 radical (unpaired) electrons. The minimum absolute atomic E-state index is 0.272. The van der Waals surface area contributed by atoms with Crippen molar-refractivity contribution in [1.29, 1.82) is 0 Å². The van der Waals surface area contributed by atoms with Crippen LogP contribution >= 0.6 is 15.9 Å². The molecule has 0 aromatic heterocycles. The van der Waals surface area contributed by atoms with Crippen molar-refractivity contribution >= 4 is 15.9 Å². The van der Waals surface area contributed by atoms with Gasteiger partial charge in [0, 0.05) is 43.2 Å². The molecule has 1 aromatic carbocycles. The number of hydrogen-bond acceptors (Lipinski definition) is 3. The van der Waals surface area contributed by atoms with Gasteiger partial charge in [0.15, 0.2) is 0 Å². The third kappa shape index (κ3) is 3.25. The zero-order valence-electron chi connectivity index (χ0n) is 13.7. The van der Waals surface area contributed by atoms with Crippen molar-refractivity contribution < 1.29 is 5.11 Å². The molecule has 1 atom stereocenters. The summed E-state index contributed by atoms with van der Waals surface area (Å²) in [7, 11) is 0. The molecule has 1 N–H and O–H groups in total. The van der Waals surface area contributed by atoms with Crippen molar-refractivity contribution in [1.82, 2.24) is 9.80 Å². The van der Waals surface area contributed by atoms with Crippen molar-refractivity contribution in [3.63, 3.8) is 0 Å². The summed E-state index contributed by atoms with van der Waals surface area (Å²) in [5.41, 5.74) is 3.31. The molecule has 1 fully saturated rings. The molecule has 22 heavy (non-hydrogen) atoms. The average Bonchev–Trinajstić information content (AvgIpc) is 2.49. The fourth-order valence-corrected chi connectivity index (χ4v) is 4.37. The number of nitrogens with zero attached hydrogens (tertiary/aromatic N) is 2. The van der Waals surface area contributed by atoms with Crippen LogP contribution in [0.3, 0.4) is 0 Å². The molecule has 4 heteroatoms. The minimum atomic E-state index is 0.272. The summed E-state index contributed by atoms with van der Waals surface area (Å²) in [6.45, 7) is 10.2.